The number of esters is 1. The Morgan fingerprint density at radius 3 is 0.984 bits per heavy atom. The van der Waals surface area contributed by atoms with Crippen molar-refractivity contribution in [2.45, 2.75) is 334 Å². The van der Waals surface area contributed by atoms with Crippen LogP contribution in [0.1, 0.15) is 322 Å². The number of carbonyl (C=O) groups is 3. The quantitative estimate of drug-likeness (QED) is 0.0413. The van der Waals surface area contributed by atoms with Crippen molar-refractivity contribution in [1.82, 2.24) is 5.32 Å². The number of carboxylic acid groups (broad SMARTS) is 1. The number of amides is 1. The first kappa shape index (κ1) is 61.4. The van der Waals surface area contributed by atoms with Crippen LogP contribution in [0.2, 0.25) is 0 Å². The van der Waals surface area contributed by atoms with Crippen molar-refractivity contribution in [3.63, 3.8) is 0 Å². The first-order valence-electron chi connectivity index (χ1n) is 28.4. The molecule has 0 aromatic heterocycles. The van der Waals surface area contributed by atoms with Crippen LogP contribution >= 0.6 is 0 Å². The second kappa shape index (κ2) is 51.4. The van der Waals surface area contributed by atoms with Gasteiger partial charge in [0.25, 0.3) is 0 Å². The lowest BCUT2D eigenvalue weighted by molar-refractivity contribution is -0.150. The lowest BCUT2D eigenvalue weighted by Crippen LogP contribution is -2.40. The summed E-state index contributed by atoms with van der Waals surface area (Å²) in [5.41, 5.74) is 5.51. The Kier molecular flexibility index (Phi) is 50.0. The minimum atomic E-state index is -0.998. The van der Waals surface area contributed by atoms with E-state index in [0.717, 1.165) is 64.2 Å². The highest BCUT2D eigenvalue weighted by atomic mass is 16.5. The average molecular weight is 892 g/mol. The Labute approximate surface area is 392 Å². The average Bonchev–Trinajstić information content (AvgIpc) is 3.27. The van der Waals surface area contributed by atoms with Crippen LogP contribution in [0, 0.1) is 0 Å². The zero-order chi connectivity index (χ0) is 45.9. The summed E-state index contributed by atoms with van der Waals surface area (Å²) in [6.45, 7) is 5.00. The number of hydrogen-bond acceptors (Lipinski definition) is 5. The van der Waals surface area contributed by atoms with E-state index in [9.17, 15) is 19.5 Å². The van der Waals surface area contributed by atoms with E-state index in [4.69, 9.17) is 10.5 Å². The molecule has 0 fully saturated rings. The van der Waals surface area contributed by atoms with Gasteiger partial charge in [0.05, 0.1) is 0 Å². The maximum atomic E-state index is 12.9. The van der Waals surface area contributed by atoms with Gasteiger partial charge in [0.2, 0.25) is 5.91 Å². The summed E-state index contributed by atoms with van der Waals surface area (Å²) < 4.78 is 6.11. The van der Waals surface area contributed by atoms with Crippen LogP contribution in [0.15, 0.2) is 0 Å². The van der Waals surface area contributed by atoms with Gasteiger partial charge in [0.15, 0.2) is 0 Å². The Balaban J connectivity index is 4.16. The topological polar surface area (TPSA) is 119 Å². The third-order valence-electron chi connectivity index (χ3n) is 13.4. The molecule has 0 radical (unpaired) electrons. The van der Waals surface area contributed by atoms with Crippen molar-refractivity contribution in [3.05, 3.63) is 0 Å². The van der Waals surface area contributed by atoms with Gasteiger partial charge >= 0.3 is 11.9 Å². The largest absolute Gasteiger partial charge is 0.480 e. The van der Waals surface area contributed by atoms with Gasteiger partial charge in [-0.05, 0) is 57.9 Å². The van der Waals surface area contributed by atoms with Crippen molar-refractivity contribution in [2.75, 3.05) is 6.54 Å². The van der Waals surface area contributed by atoms with Crippen LogP contribution in [0.4, 0.5) is 0 Å². The van der Waals surface area contributed by atoms with Gasteiger partial charge in [0, 0.05) is 12.8 Å². The van der Waals surface area contributed by atoms with E-state index in [1.807, 2.05) is 0 Å². The van der Waals surface area contributed by atoms with E-state index in [-0.39, 0.29) is 18.0 Å². The minimum Gasteiger partial charge on any atom is -0.480 e. The summed E-state index contributed by atoms with van der Waals surface area (Å²) in [6, 6.07) is -0.853. The van der Waals surface area contributed by atoms with E-state index < -0.39 is 12.0 Å². The maximum Gasteiger partial charge on any atom is 0.326 e. The predicted octanol–water partition coefficient (Wildman–Crippen LogP) is 17.2. The second-order valence-electron chi connectivity index (χ2n) is 19.7. The first-order chi connectivity index (χ1) is 30.9. The molecule has 1 amide bonds. The van der Waals surface area contributed by atoms with Crippen molar-refractivity contribution in [1.29, 1.82) is 0 Å². The summed E-state index contributed by atoms with van der Waals surface area (Å²) in [5, 5.41) is 12.0. The number of hydrogen-bond donors (Lipinski definition) is 3. The van der Waals surface area contributed by atoms with E-state index in [1.54, 1.807) is 0 Å². The number of nitrogens with two attached hydrogens (primary N) is 1. The van der Waals surface area contributed by atoms with Crippen molar-refractivity contribution >= 4 is 17.8 Å². The minimum absolute atomic E-state index is 0.00809. The lowest BCUT2D eigenvalue weighted by atomic mass is 10.0. The number of rotatable bonds is 53. The molecule has 0 aliphatic heterocycles. The van der Waals surface area contributed by atoms with Crippen LogP contribution in [0.5, 0.6) is 0 Å². The molecule has 2 atom stereocenters. The van der Waals surface area contributed by atoms with Gasteiger partial charge < -0.3 is 20.9 Å². The molecule has 7 nitrogen and oxygen atoms in total. The number of nitrogens with one attached hydrogen (secondary N) is 1. The molecule has 0 saturated carbocycles. The summed E-state index contributed by atoms with van der Waals surface area (Å²) >= 11 is 0. The molecule has 0 aliphatic carbocycles. The molecule has 0 aromatic carbocycles. The smallest absolute Gasteiger partial charge is 0.326 e. The third kappa shape index (κ3) is 48.1. The van der Waals surface area contributed by atoms with Gasteiger partial charge in [-0.15, -0.1) is 0 Å². The Morgan fingerprint density at radius 2 is 0.683 bits per heavy atom. The fourth-order valence-corrected chi connectivity index (χ4v) is 9.16. The highest BCUT2D eigenvalue weighted by Crippen LogP contribution is 2.20. The predicted molar refractivity (Wildman–Crippen MR) is 271 cm³/mol. The van der Waals surface area contributed by atoms with Crippen molar-refractivity contribution in [2.24, 2.45) is 5.73 Å². The molecule has 0 rings (SSSR count). The molecule has 374 valence electrons. The van der Waals surface area contributed by atoms with Gasteiger partial charge in [-0.1, -0.05) is 258 Å². The van der Waals surface area contributed by atoms with E-state index in [0.29, 0.717) is 32.2 Å². The zero-order valence-electron chi connectivity index (χ0n) is 42.5. The SMILES string of the molecule is CCCCCCCCCCCCCCCCCCCCCCCCC(=O)OC(CCCCCCCCCCCCCCCCC)CCCCCCCC(=O)NC(CCCN)C(=O)O. The number of unbranched alkanes of at least 4 members (excludes halogenated alkanes) is 39. The van der Waals surface area contributed by atoms with Crippen LogP contribution in [0.25, 0.3) is 0 Å². The number of carbonyl (C=O) groups excluding carboxylic acids is 2. The number of carboxylic acids is 1. The van der Waals surface area contributed by atoms with Crippen LogP contribution in [0.3, 0.4) is 0 Å². The normalized spacial score (nSPS) is 12.4. The zero-order valence-corrected chi connectivity index (χ0v) is 42.5. The number of ether oxygens (including phenoxy) is 1. The first-order valence-corrected chi connectivity index (χ1v) is 28.4. The van der Waals surface area contributed by atoms with Gasteiger partial charge in [0.1, 0.15) is 12.1 Å². The van der Waals surface area contributed by atoms with Crippen LogP contribution < -0.4 is 11.1 Å². The number of aliphatic carboxylic acids is 1. The standard InChI is InChI=1S/C56H110N2O5/c1-3-5-7-9-11-13-15-17-19-20-21-22-23-24-25-27-29-31-33-35-40-44-50-55(60)63-52(46-41-37-34-32-30-28-26-18-16-14-12-10-8-6-4-2)47-42-38-36-39-43-49-54(59)58-53(56(61)62)48-45-51-57/h52-53H,3-51,57H2,1-2H3,(H,58,59)(H,61,62). The maximum absolute atomic E-state index is 12.9. The van der Waals surface area contributed by atoms with Crippen molar-refractivity contribution in [3.8, 4) is 0 Å². The van der Waals surface area contributed by atoms with Gasteiger partial charge in [-0.2, -0.15) is 0 Å². The lowest BCUT2D eigenvalue weighted by Gasteiger charge is -2.18. The fourth-order valence-electron chi connectivity index (χ4n) is 9.16. The molecule has 7 heteroatoms. The molecule has 4 N–H and O–H groups in total. The third-order valence-corrected chi connectivity index (χ3v) is 13.4. The van der Waals surface area contributed by atoms with Crippen LogP contribution in [-0.2, 0) is 19.1 Å². The molecule has 0 bridgehead atoms. The molecule has 0 aliphatic rings. The molecular weight excluding hydrogens is 781 g/mol. The van der Waals surface area contributed by atoms with E-state index in [2.05, 4.69) is 19.2 Å². The summed E-state index contributed by atoms with van der Waals surface area (Å²) in [6.07, 6.45) is 59.0. The van der Waals surface area contributed by atoms with Crippen molar-refractivity contribution < 1.29 is 24.2 Å². The molecule has 2 unspecified atom stereocenters. The summed E-state index contributed by atoms with van der Waals surface area (Å²) in [4.78, 5) is 36.6. The Bertz CT molecular complexity index is 960. The molecule has 0 aromatic rings. The highest BCUT2D eigenvalue weighted by molar-refractivity contribution is 5.83. The molecule has 0 saturated heterocycles. The Hall–Kier alpha value is -1.63. The molecular formula is C56H110N2O5. The molecule has 63 heavy (non-hydrogen) atoms. The highest BCUT2D eigenvalue weighted by Gasteiger charge is 2.19. The second-order valence-corrected chi connectivity index (χ2v) is 19.7. The fraction of sp³-hybridized carbons (Fsp3) is 0.946. The van der Waals surface area contributed by atoms with E-state index in [1.165, 1.54) is 218 Å². The Morgan fingerprint density at radius 1 is 0.397 bits per heavy atom. The van der Waals surface area contributed by atoms with Gasteiger partial charge in [-0.3, -0.25) is 9.59 Å². The van der Waals surface area contributed by atoms with Gasteiger partial charge in [-0.25, -0.2) is 4.79 Å². The summed E-state index contributed by atoms with van der Waals surface area (Å²) in [5.74, 6) is -1.20. The molecule has 0 spiro atoms. The van der Waals surface area contributed by atoms with Crippen LogP contribution in [-0.4, -0.2) is 41.6 Å². The summed E-state index contributed by atoms with van der Waals surface area (Å²) in [7, 11) is 0. The molecule has 0 heterocycles. The van der Waals surface area contributed by atoms with E-state index >= 15 is 0 Å². The monoisotopic (exact) mass is 891 g/mol.